The highest BCUT2D eigenvalue weighted by atomic mass is 32.1. The second-order valence-electron chi connectivity index (χ2n) is 6.89. The van der Waals surface area contributed by atoms with Gasteiger partial charge in [0.05, 0.1) is 23.4 Å². The zero-order valence-electron chi connectivity index (χ0n) is 15.7. The highest BCUT2D eigenvalue weighted by molar-refractivity contribution is 7.22. The molecule has 29 heavy (non-hydrogen) atoms. The fraction of sp³-hybridized carbons (Fsp3) is 0.190. The molecule has 1 saturated heterocycles. The summed E-state index contributed by atoms with van der Waals surface area (Å²) < 4.78 is 6.60. The van der Waals surface area contributed by atoms with Crippen molar-refractivity contribution in [1.82, 2.24) is 15.0 Å². The predicted molar refractivity (Wildman–Crippen MR) is 118 cm³/mol. The van der Waals surface area contributed by atoms with Crippen LogP contribution in [0.2, 0.25) is 0 Å². The van der Waals surface area contributed by atoms with Crippen molar-refractivity contribution in [2.45, 2.75) is 0 Å². The van der Waals surface area contributed by atoms with E-state index in [1.807, 2.05) is 24.3 Å². The summed E-state index contributed by atoms with van der Waals surface area (Å²) in [6.45, 7) is 2.99. The number of nitrogens with zero attached hydrogens (tertiary/aromatic N) is 4. The van der Waals surface area contributed by atoms with E-state index in [0.717, 1.165) is 50.8 Å². The second kappa shape index (κ2) is 7.31. The van der Waals surface area contributed by atoms with Gasteiger partial charge in [-0.1, -0.05) is 12.1 Å². The highest BCUT2D eigenvalue weighted by Crippen LogP contribution is 2.39. The van der Waals surface area contributed by atoms with Crippen LogP contribution in [0.4, 0.5) is 17.3 Å². The molecule has 146 valence electrons. The number of thiophene rings is 1. The molecule has 0 amide bonds. The molecule has 8 heteroatoms. The minimum atomic E-state index is 0.475. The summed E-state index contributed by atoms with van der Waals surface area (Å²) in [6.07, 6.45) is 1.71. The van der Waals surface area contributed by atoms with Crippen molar-refractivity contribution in [1.29, 1.82) is 0 Å². The van der Waals surface area contributed by atoms with Crippen LogP contribution in [0, 0.1) is 0 Å². The van der Waals surface area contributed by atoms with E-state index in [9.17, 15) is 0 Å². The summed E-state index contributed by atoms with van der Waals surface area (Å²) in [6, 6.07) is 13.7. The zero-order chi connectivity index (χ0) is 19.8. The van der Waals surface area contributed by atoms with Gasteiger partial charge in [0.1, 0.15) is 5.82 Å². The minimum Gasteiger partial charge on any atom is -0.399 e. The molecular formula is C21H20N6OS. The SMILES string of the molecule is Nc1cccc(-c2cc3nc(-c4ccc(N)nc4)nc(N4CCOCC4)c3s2)c1. The van der Waals surface area contributed by atoms with Crippen LogP contribution in [-0.2, 0) is 4.74 Å². The molecule has 7 nitrogen and oxygen atoms in total. The number of benzene rings is 1. The molecule has 1 aliphatic rings. The number of morpholine rings is 1. The number of anilines is 3. The van der Waals surface area contributed by atoms with Gasteiger partial charge in [-0.15, -0.1) is 11.3 Å². The van der Waals surface area contributed by atoms with Gasteiger partial charge in [0.2, 0.25) is 0 Å². The molecule has 0 spiro atoms. The third kappa shape index (κ3) is 3.48. The van der Waals surface area contributed by atoms with Gasteiger partial charge in [0.15, 0.2) is 11.6 Å². The van der Waals surface area contributed by atoms with Crippen molar-refractivity contribution in [3.63, 3.8) is 0 Å². The van der Waals surface area contributed by atoms with Gasteiger partial charge >= 0.3 is 0 Å². The molecule has 0 bridgehead atoms. The van der Waals surface area contributed by atoms with Gasteiger partial charge < -0.3 is 21.1 Å². The Balaban J connectivity index is 1.68. The summed E-state index contributed by atoms with van der Waals surface area (Å²) in [5.74, 6) is 2.05. The van der Waals surface area contributed by atoms with Crippen LogP contribution in [0.3, 0.4) is 0 Å². The van der Waals surface area contributed by atoms with E-state index in [0.29, 0.717) is 24.9 Å². The number of nitrogen functional groups attached to an aromatic ring is 2. The summed E-state index contributed by atoms with van der Waals surface area (Å²) in [5, 5.41) is 0. The first kappa shape index (κ1) is 17.8. The van der Waals surface area contributed by atoms with Gasteiger partial charge in [0.25, 0.3) is 0 Å². The Kier molecular flexibility index (Phi) is 4.49. The van der Waals surface area contributed by atoms with Gasteiger partial charge in [-0.05, 0) is 35.9 Å². The lowest BCUT2D eigenvalue weighted by Crippen LogP contribution is -2.36. The maximum Gasteiger partial charge on any atom is 0.163 e. The summed E-state index contributed by atoms with van der Waals surface area (Å²) in [7, 11) is 0. The molecular weight excluding hydrogens is 384 g/mol. The van der Waals surface area contributed by atoms with E-state index in [2.05, 4.69) is 22.0 Å². The molecule has 3 aromatic heterocycles. The number of fused-ring (bicyclic) bond motifs is 1. The summed E-state index contributed by atoms with van der Waals surface area (Å²) in [5.41, 5.74) is 15.3. The number of hydrogen-bond donors (Lipinski definition) is 2. The molecule has 0 aliphatic carbocycles. The monoisotopic (exact) mass is 404 g/mol. The van der Waals surface area contributed by atoms with E-state index in [1.165, 1.54) is 0 Å². The third-order valence-corrected chi connectivity index (χ3v) is 6.05. The Bertz CT molecular complexity index is 1170. The molecule has 0 radical (unpaired) electrons. The fourth-order valence-electron chi connectivity index (χ4n) is 3.41. The Hall–Kier alpha value is -3.23. The quantitative estimate of drug-likeness (QED) is 0.504. The van der Waals surface area contributed by atoms with Crippen molar-refractivity contribution >= 4 is 38.9 Å². The van der Waals surface area contributed by atoms with Crippen LogP contribution in [0.15, 0.2) is 48.7 Å². The normalized spacial score (nSPS) is 14.4. The van der Waals surface area contributed by atoms with E-state index in [1.54, 1.807) is 23.6 Å². The maximum absolute atomic E-state index is 5.99. The third-order valence-electron chi connectivity index (χ3n) is 4.88. The lowest BCUT2D eigenvalue weighted by molar-refractivity contribution is 0.122. The standard InChI is InChI=1S/C21H20N6OS/c22-15-3-1-2-13(10-15)17-11-16-19(29-17)21(27-6-8-28-9-7-27)26-20(25-16)14-4-5-18(23)24-12-14/h1-5,10-12H,6-9,22H2,(H2,23,24). The van der Waals surface area contributed by atoms with E-state index >= 15 is 0 Å². The van der Waals surface area contributed by atoms with Crippen LogP contribution in [0.5, 0.6) is 0 Å². The van der Waals surface area contributed by atoms with Gasteiger partial charge in [-0.2, -0.15) is 0 Å². The van der Waals surface area contributed by atoms with Crippen LogP contribution in [-0.4, -0.2) is 41.3 Å². The minimum absolute atomic E-state index is 0.475. The second-order valence-corrected chi connectivity index (χ2v) is 7.94. The van der Waals surface area contributed by atoms with Crippen molar-refractivity contribution in [2.24, 2.45) is 0 Å². The molecule has 0 unspecified atom stereocenters. The van der Waals surface area contributed by atoms with Crippen molar-refractivity contribution < 1.29 is 4.74 Å². The number of aromatic nitrogens is 3. The molecule has 1 aliphatic heterocycles. The van der Waals surface area contributed by atoms with Crippen molar-refractivity contribution in [3.8, 4) is 21.8 Å². The number of hydrogen-bond acceptors (Lipinski definition) is 8. The lowest BCUT2D eigenvalue weighted by Gasteiger charge is -2.28. The van der Waals surface area contributed by atoms with Crippen LogP contribution in [0.25, 0.3) is 32.0 Å². The summed E-state index contributed by atoms with van der Waals surface area (Å²) >= 11 is 1.69. The zero-order valence-corrected chi connectivity index (χ0v) is 16.5. The maximum atomic E-state index is 5.99. The molecule has 0 saturated carbocycles. The van der Waals surface area contributed by atoms with E-state index in [4.69, 9.17) is 26.2 Å². The van der Waals surface area contributed by atoms with E-state index in [-0.39, 0.29) is 0 Å². The fourth-order valence-corrected chi connectivity index (χ4v) is 4.52. The smallest absolute Gasteiger partial charge is 0.163 e. The summed E-state index contributed by atoms with van der Waals surface area (Å²) in [4.78, 5) is 17.3. The number of nitrogens with two attached hydrogens (primary N) is 2. The Morgan fingerprint density at radius 1 is 0.966 bits per heavy atom. The van der Waals surface area contributed by atoms with Gasteiger partial charge in [-0.3, -0.25) is 0 Å². The highest BCUT2D eigenvalue weighted by Gasteiger charge is 2.20. The first-order valence-corrected chi connectivity index (χ1v) is 10.2. The van der Waals surface area contributed by atoms with Crippen LogP contribution in [0.1, 0.15) is 0 Å². The number of pyridine rings is 1. The van der Waals surface area contributed by atoms with Crippen LogP contribution < -0.4 is 16.4 Å². The molecule has 4 N–H and O–H groups in total. The topological polar surface area (TPSA) is 103 Å². The Morgan fingerprint density at radius 3 is 2.59 bits per heavy atom. The first-order chi connectivity index (χ1) is 14.2. The first-order valence-electron chi connectivity index (χ1n) is 9.39. The Labute approximate surface area is 172 Å². The molecule has 4 aromatic rings. The van der Waals surface area contributed by atoms with E-state index < -0.39 is 0 Å². The largest absolute Gasteiger partial charge is 0.399 e. The number of rotatable bonds is 3. The van der Waals surface area contributed by atoms with Crippen molar-refractivity contribution in [3.05, 3.63) is 48.7 Å². The van der Waals surface area contributed by atoms with Gasteiger partial charge in [0, 0.05) is 35.4 Å². The lowest BCUT2D eigenvalue weighted by atomic mass is 10.1. The number of ether oxygens (including phenoxy) is 1. The van der Waals surface area contributed by atoms with Crippen molar-refractivity contribution in [2.75, 3.05) is 42.7 Å². The predicted octanol–water partition coefficient (Wildman–Crippen LogP) is 3.42. The average molecular weight is 404 g/mol. The van der Waals surface area contributed by atoms with Gasteiger partial charge in [-0.25, -0.2) is 15.0 Å². The molecule has 4 heterocycles. The molecule has 1 aromatic carbocycles. The average Bonchev–Trinajstić information content (AvgIpc) is 3.18. The molecule has 5 rings (SSSR count). The molecule has 1 fully saturated rings. The molecule has 0 atom stereocenters. The Morgan fingerprint density at radius 2 is 1.83 bits per heavy atom. The van der Waals surface area contributed by atoms with Crippen LogP contribution >= 0.6 is 11.3 Å².